The minimum Gasteiger partial charge on any atom is -0.334 e. The van der Waals surface area contributed by atoms with Gasteiger partial charge in [-0.15, -0.1) is 12.4 Å². The number of nitrogens with zero attached hydrogens (tertiary/aromatic N) is 3. The maximum atomic E-state index is 13.1. The summed E-state index contributed by atoms with van der Waals surface area (Å²) >= 11 is 6.07. The zero-order chi connectivity index (χ0) is 17.1. The van der Waals surface area contributed by atoms with Gasteiger partial charge in [-0.05, 0) is 44.5 Å². The van der Waals surface area contributed by atoms with Crippen LogP contribution in [0.2, 0.25) is 5.02 Å². The molecule has 1 atom stereocenters. The van der Waals surface area contributed by atoms with E-state index in [1.807, 2.05) is 36.1 Å². The maximum Gasteiger partial charge on any atom is 0.257 e. The molecule has 1 amide bonds. The quantitative estimate of drug-likeness (QED) is 0.860. The van der Waals surface area contributed by atoms with Gasteiger partial charge in [-0.3, -0.25) is 4.79 Å². The van der Waals surface area contributed by atoms with Crippen molar-refractivity contribution in [3.05, 3.63) is 46.7 Å². The Morgan fingerprint density at radius 1 is 1.48 bits per heavy atom. The molecule has 1 aromatic heterocycles. The van der Waals surface area contributed by atoms with Crippen LogP contribution in [0.4, 0.5) is 0 Å². The Balaban J connectivity index is 0.00000225. The van der Waals surface area contributed by atoms with Crippen molar-refractivity contribution >= 4 is 29.9 Å². The molecule has 1 saturated heterocycles. The van der Waals surface area contributed by atoms with E-state index in [0.717, 1.165) is 43.9 Å². The molecule has 1 fully saturated rings. The number of hydrogen-bond acceptors (Lipinski definition) is 3. The summed E-state index contributed by atoms with van der Waals surface area (Å²) in [4.78, 5) is 15.1. The van der Waals surface area contributed by atoms with E-state index in [1.165, 1.54) is 0 Å². The fraction of sp³-hybridized carbons (Fsp3) is 0.444. The van der Waals surface area contributed by atoms with Crippen LogP contribution in [0.3, 0.4) is 0 Å². The fourth-order valence-corrected chi connectivity index (χ4v) is 3.42. The van der Waals surface area contributed by atoms with Crippen LogP contribution in [0.15, 0.2) is 30.5 Å². The summed E-state index contributed by atoms with van der Waals surface area (Å²) in [6.07, 6.45) is 3.63. The lowest BCUT2D eigenvalue weighted by Crippen LogP contribution is -2.42. The molecule has 1 aromatic carbocycles. The van der Waals surface area contributed by atoms with Crippen molar-refractivity contribution in [2.45, 2.75) is 32.7 Å². The van der Waals surface area contributed by atoms with Gasteiger partial charge in [0.1, 0.15) is 0 Å². The first-order valence-electron chi connectivity index (χ1n) is 8.44. The lowest BCUT2D eigenvalue weighted by atomic mass is 10.1. The van der Waals surface area contributed by atoms with E-state index in [9.17, 15) is 4.79 Å². The summed E-state index contributed by atoms with van der Waals surface area (Å²) in [5, 5.41) is 8.40. The number of nitrogens with one attached hydrogen (secondary N) is 1. The van der Waals surface area contributed by atoms with Crippen LogP contribution in [-0.2, 0) is 0 Å². The molecule has 1 unspecified atom stereocenters. The van der Waals surface area contributed by atoms with E-state index < -0.39 is 0 Å². The maximum absolute atomic E-state index is 13.1. The van der Waals surface area contributed by atoms with Crippen LogP contribution < -0.4 is 5.32 Å². The molecule has 0 radical (unpaired) electrons. The molecular formula is C18H24Cl2N4O. The molecule has 0 saturated carbocycles. The van der Waals surface area contributed by atoms with Crippen molar-refractivity contribution in [1.82, 2.24) is 20.0 Å². The van der Waals surface area contributed by atoms with E-state index >= 15 is 0 Å². The number of amides is 1. The Bertz CT molecular complexity index is 726. The third kappa shape index (κ3) is 4.17. The number of aromatic nitrogens is 2. The van der Waals surface area contributed by atoms with Gasteiger partial charge in [0.2, 0.25) is 0 Å². The van der Waals surface area contributed by atoms with Crippen LogP contribution in [0.5, 0.6) is 0 Å². The summed E-state index contributed by atoms with van der Waals surface area (Å²) < 4.78 is 1.77. The van der Waals surface area contributed by atoms with Crippen molar-refractivity contribution in [3.8, 4) is 5.69 Å². The van der Waals surface area contributed by atoms with E-state index in [0.29, 0.717) is 10.6 Å². The monoisotopic (exact) mass is 382 g/mol. The van der Waals surface area contributed by atoms with Gasteiger partial charge in [0, 0.05) is 24.2 Å². The van der Waals surface area contributed by atoms with E-state index in [-0.39, 0.29) is 24.4 Å². The Morgan fingerprint density at radius 3 is 2.92 bits per heavy atom. The van der Waals surface area contributed by atoms with Gasteiger partial charge in [0.05, 0.1) is 23.1 Å². The number of carbonyl (C=O) groups is 1. The largest absolute Gasteiger partial charge is 0.334 e. The summed E-state index contributed by atoms with van der Waals surface area (Å²) in [5.41, 5.74) is 2.37. The molecule has 1 aliphatic heterocycles. The average Bonchev–Trinajstić information content (AvgIpc) is 3.21. The number of rotatable bonds is 5. The topological polar surface area (TPSA) is 50.2 Å². The van der Waals surface area contributed by atoms with Gasteiger partial charge >= 0.3 is 0 Å². The first-order valence-corrected chi connectivity index (χ1v) is 8.82. The predicted molar refractivity (Wildman–Crippen MR) is 103 cm³/mol. The standard InChI is InChI=1S/C18H23ClN4O.ClH/c1-3-9-22(16-7-8-20-11-16)18(24)17-12-21-23(13(17)2)15-6-4-5-14(19)10-15;/h4-6,10,12,16,20H,3,7-9,11H2,1-2H3;1H. The second-order valence-electron chi connectivity index (χ2n) is 6.18. The van der Waals surface area contributed by atoms with Crippen LogP contribution in [0, 0.1) is 6.92 Å². The van der Waals surface area contributed by atoms with Gasteiger partial charge in [-0.1, -0.05) is 24.6 Å². The lowest BCUT2D eigenvalue weighted by molar-refractivity contribution is 0.0691. The predicted octanol–water partition coefficient (Wildman–Crippen LogP) is 3.47. The Hall–Kier alpha value is -1.56. The van der Waals surface area contributed by atoms with Gasteiger partial charge in [0.15, 0.2) is 0 Å². The third-order valence-corrected chi connectivity index (χ3v) is 4.73. The highest BCUT2D eigenvalue weighted by Crippen LogP contribution is 2.21. The number of benzene rings is 1. The van der Waals surface area contributed by atoms with E-state index in [2.05, 4.69) is 17.3 Å². The molecular weight excluding hydrogens is 359 g/mol. The molecule has 0 aliphatic carbocycles. The second kappa shape index (κ2) is 8.70. The Kier molecular flexibility index (Phi) is 6.87. The number of carbonyl (C=O) groups excluding carboxylic acids is 1. The molecule has 5 nitrogen and oxygen atoms in total. The molecule has 2 heterocycles. The summed E-state index contributed by atoms with van der Waals surface area (Å²) in [6, 6.07) is 7.76. The second-order valence-corrected chi connectivity index (χ2v) is 6.62. The fourth-order valence-electron chi connectivity index (χ4n) is 3.24. The van der Waals surface area contributed by atoms with Crippen molar-refractivity contribution in [2.24, 2.45) is 0 Å². The Morgan fingerprint density at radius 2 is 2.28 bits per heavy atom. The van der Waals surface area contributed by atoms with Gasteiger partial charge in [0.25, 0.3) is 5.91 Å². The molecule has 3 rings (SSSR count). The third-order valence-electron chi connectivity index (χ3n) is 4.49. The zero-order valence-corrected chi connectivity index (χ0v) is 16.1. The first-order chi connectivity index (χ1) is 11.6. The first kappa shape index (κ1) is 19.8. The molecule has 136 valence electrons. The molecule has 2 aromatic rings. The van der Waals surface area contributed by atoms with E-state index in [4.69, 9.17) is 11.6 Å². The van der Waals surface area contributed by atoms with Crippen molar-refractivity contribution in [2.75, 3.05) is 19.6 Å². The van der Waals surface area contributed by atoms with Gasteiger partial charge in [-0.25, -0.2) is 4.68 Å². The molecule has 7 heteroatoms. The van der Waals surface area contributed by atoms with Crippen LogP contribution in [0.25, 0.3) is 5.69 Å². The summed E-state index contributed by atoms with van der Waals surface area (Å²) in [6.45, 7) is 6.64. The lowest BCUT2D eigenvalue weighted by Gasteiger charge is -2.28. The van der Waals surface area contributed by atoms with Gasteiger partial charge < -0.3 is 10.2 Å². The summed E-state index contributed by atoms with van der Waals surface area (Å²) in [5.74, 6) is 0.0660. The summed E-state index contributed by atoms with van der Waals surface area (Å²) in [7, 11) is 0. The molecule has 0 bridgehead atoms. The Labute approximate surface area is 159 Å². The molecule has 0 spiro atoms. The zero-order valence-electron chi connectivity index (χ0n) is 14.5. The van der Waals surface area contributed by atoms with Crippen LogP contribution in [-0.4, -0.2) is 46.3 Å². The van der Waals surface area contributed by atoms with Crippen molar-refractivity contribution in [1.29, 1.82) is 0 Å². The highest BCUT2D eigenvalue weighted by atomic mass is 35.5. The van der Waals surface area contributed by atoms with Crippen LogP contribution in [0.1, 0.15) is 35.8 Å². The highest BCUT2D eigenvalue weighted by molar-refractivity contribution is 6.30. The van der Waals surface area contributed by atoms with Gasteiger partial charge in [-0.2, -0.15) is 5.10 Å². The minimum absolute atomic E-state index is 0. The number of halogens is 2. The molecule has 1 aliphatic rings. The van der Waals surface area contributed by atoms with Crippen molar-refractivity contribution in [3.63, 3.8) is 0 Å². The number of hydrogen-bond donors (Lipinski definition) is 1. The van der Waals surface area contributed by atoms with E-state index in [1.54, 1.807) is 10.9 Å². The minimum atomic E-state index is 0. The van der Waals surface area contributed by atoms with Crippen molar-refractivity contribution < 1.29 is 4.79 Å². The molecule has 1 N–H and O–H groups in total. The smallest absolute Gasteiger partial charge is 0.257 e. The van der Waals surface area contributed by atoms with Crippen LogP contribution >= 0.6 is 24.0 Å². The highest BCUT2D eigenvalue weighted by Gasteiger charge is 2.28. The average molecular weight is 383 g/mol. The molecule has 25 heavy (non-hydrogen) atoms. The normalized spacial score (nSPS) is 16.5. The SMILES string of the molecule is CCCN(C(=O)c1cnn(-c2cccc(Cl)c2)c1C)C1CCNC1.Cl.